The summed E-state index contributed by atoms with van der Waals surface area (Å²) in [6.45, 7) is 2.75. The van der Waals surface area contributed by atoms with Gasteiger partial charge in [-0.2, -0.15) is 11.8 Å². The van der Waals surface area contributed by atoms with E-state index in [1.165, 1.54) is 12.3 Å². The monoisotopic (exact) mass is 297 g/mol. The van der Waals surface area contributed by atoms with Crippen molar-refractivity contribution in [2.75, 3.05) is 36.2 Å². The number of pyridine rings is 1. The van der Waals surface area contributed by atoms with Gasteiger partial charge in [-0.1, -0.05) is 0 Å². The Balaban J connectivity index is 2.63. The quantitative estimate of drug-likeness (QED) is 0.361. The lowest BCUT2D eigenvalue weighted by Crippen LogP contribution is -2.30. The number of amides is 2. The Bertz CT molecular complexity index is 481. The standard InChI is InChI=1S/C12H19N5O2S/c1-3-19-11(14)8-7-16-10(6-9(8)13)17-12(18)15-4-5-20-2/h6-7,14H,3-5H2,1-2H3,(H4,13,15,16,17,18). The van der Waals surface area contributed by atoms with Gasteiger partial charge in [-0.15, -0.1) is 0 Å². The van der Waals surface area contributed by atoms with Gasteiger partial charge in [0, 0.05) is 30.2 Å². The van der Waals surface area contributed by atoms with Crippen LogP contribution in [0.15, 0.2) is 12.3 Å². The van der Waals surface area contributed by atoms with Crippen LogP contribution < -0.4 is 16.4 Å². The van der Waals surface area contributed by atoms with Crippen molar-refractivity contribution >= 4 is 35.2 Å². The maximum atomic E-state index is 11.5. The molecule has 1 rings (SSSR count). The fraction of sp³-hybridized carbons (Fsp3) is 0.417. The molecule has 110 valence electrons. The van der Waals surface area contributed by atoms with Gasteiger partial charge in [-0.25, -0.2) is 9.78 Å². The molecule has 2 amide bonds. The van der Waals surface area contributed by atoms with E-state index in [0.29, 0.717) is 30.2 Å². The average Bonchev–Trinajstić information content (AvgIpc) is 2.39. The minimum absolute atomic E-state index is 0.0338. The Labute approximate surface area is 122 Å². The van der Waals surface area contributed by atoms with Crippen LogP contribution in [0.1, 0.15) is 12.5 Å². The minimum Gasteiger partial charge on any atom is -0.478 e. The van der Waals surface area contributed by atoms with Crippen LogP contribution in [0, 0.1) is 5.41 Å². The van der Waals surface area contributed by atoms with Crippen molar-refractivity contribution in [3.8, 4) is 0 Å². The third-order valence-electron chi connectivity index (χ3n) is 2.30. The summed E-state index contributed by atoms with van der Waals surface area (Å²) in [6.07, 6.45) is 3.37. The predicted octanol–water partition coefficient (Wildman–Crippen LogP) is 1.51. The van der Waals surface area contributed by atoms with Gasteiger partial charge < -0.3 is 15.8 Å². The molecule has 5 N–H and O–H groups in total. The second kappa shape index (κ2) is 8.26. The van der Waals surface area contributed by atoms with Gasteiger partial charge in [-0.05, 0) is 13.2 Å². The highest BCUT2D eigenvalue weighted by Gasteiger charge is 2.10. The van der Waals surface area contributed by atoms with E-state index < -0.39 is 0 Å². The summed E-state index contributed by atoms with van der Waals surface area (Å²) in [7, 11) is 0. The van der Waals surface area contributed by atoms with Crippen molar-refractivity contribution in [1.29, 1.82) is 5.41 Å². The number of thioether (sulfide) groups is 1. The molecule has 0 saturated carbocycles. The number of rotatable bonds is 6. The van der Waals surface area contributed by atoms with Gasteiger partial charge >= 0.3 is 6.03 Å². The summed E-state index contributed by atoms with van der Waals surface area (Å²) in [5.41, 5.74) is 6.55. The Kier molecular flexibility index (Phi) is 6.65. The van der Waals surface area contributed by atoms with E-state index >= 15 is 0 Å². The summed E-state index contributed by atoms with van der Waals surface area (Å²) in [4.78, 5) is 15.6. The molecule has 20 heavy (non-hydrogen) atoms. The number of nitrogen functional groups attached to an aromatic ring is 1. The number of hydrogen-bond acceptors (Lipinski definition) is 6. The molecule has 0 aliphatic heterocycles. The van der Waals surface area contributed by atoms with Crippen molar-refractivity contribution in [3.05, 3.63) is 17.8 Å². The summed E-state index contributed by atoms with van der Waals surface area (Å²) in [5.74, 6) is 1.14. The maximum absolute atomic E-state index is 11.5. The molecule has 8 heteroatoms. The summed E-state index contributed by atoms with van der Waals surface area (Å²) in [6, 6.07) is 1.16. The molecule has 7 nitrogen and oxygen atoms in total. The SMILES string of the molecule is CCOC(=N)c1cnc(NC(=O)NCCSC)cc1N. The zero-order chi connectivity index (χ0) is 15.0. The second-order valence-corrected chi connectivity index (χ2v) is 4.78. The van der Waals surface area contributed by atoms with Gasteiger partial charge in [0.1, 0.15) is 5.82 Å². The van der Waals surface area contributed by atoms with Crippen molar-refractivity contribution in [1.82, 2.24) is 10.3 Å². The van der Waals surface area contributed by atoms with Crippen LogP contribution >= 0.6 is 11.8 Å². The van der Waals surface area contributed by atoms with E-state index in [9.17, 15) is 4.79 Å². The van der Waals surface area contributed by atoms with Crippen LogP contribution in [0.2, 0.25) is 0 Å². The number of nitrogens with zero attached hydrogens (tertiary/aromatic N) is 1. The zero-order valence-corrected chi connectivity index (χ0v) is 12.3. The normalized spacial score (nSPS) is 9.90. The number of urea groups is 1. The van der Waals surface area contributed by atoms with E-state index in [1.54, 1.807) is 18.7 Å². The first-order valence-electron chi connectivity index (χ1n) is 6.09. The molecular weight excluding hydrogens is 278 g/mol. The highest BCUT2D eigenvalue weighted by Crippen LogP contribution is 2.16. The van der Waals surface area contributed by atoms with Gasteiger partial charge in [-0.3, -0.25) is 10.7 Å². The number of aromatic nitrogens is 1. The number of ether oxygens (including phenoxy) is 1. The molecule has 0 atom stereocenters. The molecule has 0 bridgehead atoms. The number of hydrogen-bond donors (Lipinski definition) is 4. The molecule has 0 unspecified atom stereocenters. The van der Waals surface area contributed by atoms with Crippen molar-refractivity contribution in [2.24, 2.45) is 0 Å². The molecule has 0 aliphatic rings. The fourth-order valence-electron chi connectivity index (χ4n) is 1.38. The molecule has 1 aromatic rings. The van der Waals surface area contributed by atoms with Gasteiger partial charge in [0.2, 0.25) is 5.90 Å². The third kappa shape index (κ3) is 4.96. The molecular formula is C12H19N5O2S. The molecule has 0 saturated heterocycles. The van der Waals surface area contributed by atoms with Crippen LogP contribution in [0.5, 0.6) is 0 Å². The highest BCUT2D eigenvalue weighted by molar-refractivity contribution is 7.98. The van der Waals surface area contributed by atoms with Crippen molar-refractivity contribution < 1.29 is 9.53 Å². The lowest BCUT2D eigenvalue weighted by molar-refractivity contribution is 0.252. The summed E-state index contributed by atoms with van der Waals surface area (Å²) < 4.78 is 5.06. The molecule has 0 aromatic carbocycles. The zero-order valence-electron chi connectivity index (χ0n) is 11.5. The second-order valence-electron chi connectivity index (χ2n) is 3.79. The molecule has 0 radical (unpaired) electrons. The number of carbonyl (C=O) groups excluding carboxylic acids is 1. The maximum Gasteiger partial charge on any atom is 0.320 e. The molecule has 1 heterocycles. The van der Waals surface area contributed by atoms with Crippen LogP contribution in [0.3, 0.4) is 0 Å². The van der Waals surface area contributed by atoms with Gasteiger partial charge in [0.25, 0.3) is 0 Å². The van der Waals surface area contributed by atoms with Gasteiger partial charge in [0.15, 0.2) is 0 Å². The minimum atomic E-state index is -0.335. The molecule has 0 spiro atoms. The Hall–Kier alpha value is -1.96. The highest BCUT2D eigenvalue weighted by atomic mass is 32.2. The Morgan fingerprint density at radius 1 is 1.60 bits per heavy atom. The Morgan fingerprint density at radius 2 is 2.35 bits per heavy atom. The number of anilines is 2. The van der Waals surface area contributed by atoms with Gasteiger partial charge in [0.05, 0.1) is 12.2 Å². The van der Waals surface area contributed by atoms with E-state index in [0.717, 1.165) is 5.75 Å². The van der Waals surface area contributed by atoms with Crippen molar-refractivity contribution in [2.45, 2.75) is 6.92 Å². The number of nitrogens with one attached hydrogen (secondary N) is 3. The Morgan fingerprint density at radius 3 is 2.95 bits per heavy atom. The smallest absolute Gasteiger partial charge is 0.320 e. The first kappa shape index (κ1) is 16.1. The average molecular weight is 297 g/mol. The largest absolute Gasteiger partial charge is 0.478 e. The van der Waals surface area contributed by atoms with E-state index in [1.807, 2.05) is 6.26 Å². The number of carbonyl (C=O) groups is 1. The van der Waals surface area contributed by atoms with Crippen LogP contribution in [0.4, 0.5) is 16.3 Å². The van der Waals surface area contributed by atoms with Crippen LogP contribution in [0.25, 0.3) is 0 Å². The fourth-order valence-corrected chi connectivity index (χ4v) is 1.68. The van der Waals surface area contributed by atoms with E-state index in [2.05, 4.69) is 15.6 Å². The molecule has 1 aromatic heterocycles. The van der Waals surface area contributed by atoms with Crippen LogP contribution in [-0.4, -0.2) is 42.1 Å². The lowest BCUT2D eigenvalue weighted by Gasteiger charge is -2.10. The van der Waals surface area contributed by atoms with Crippen LogP contribution in [-0.2, 0) is 4.74 Å². The first-order chi connectivity index (χ1) is 9.58. The predicted molar refractivity (Wildman–Crippen MR) is 82.5 cm³/mol. The third-order valence-corrected chi connectivity index (χ3v) is 2.91. The molecule has 0 aliphatic carbocycles. The van der Waals surface area contributed by atoms with Crippen molar-refractivity contribution in [3.63, 3.8) is 0 Å². The summed E-state index contributed by atoms with van der Waals surface area (Å²) in [5, 5.41) is 12.9. The van der Waals surface area contributed by atoms with E-state index in [-0.39, 0.29) is 11.9 Å². The number of nitrogens with two attached hydrogens (primary N) is 1. The first-order valence-corrected chi connectivity index (χ1v) is 7.48. The molecule has 0 fully saturated rings. The lowest BCUT2D eigenvalue weighted by atomic mass is 10.2. The summed E-state index contributed by atoms with van der Waals surface area (Å²) >= 11 is 1.65. The topological polar surface area (TPSA) is 113 Å². The van der Waals surface area contributed by atoms with E-state index in [4.69, 9.17) is 15.9 Å².